The van der Waals surface area contributed by atoms with Crippen LogP contribution in [0.1, 0.15) is 0 Å². The molecule has 105 heavy (non-hydrogen) atoms. The highest BCUT2D eigenvalue weighted by molar-refractivity contribution is 7.22. The summed E-state index contributed by atoms with van der Waals surface area (Å²) < 4.78 is 2.35. The minimum atomic E-state index is -3.65. The Kier molecular flexibility index (Phi) is 17.1. The Bertz CT molecular complexity index is 5310. The summed E-state index contributed by atoms with van der Waals surface area (Å²) in [6.45, 7) is 0. The van der Waals surface area contributed by atoms with Crippen LogP contribution in [0.2, 0.25) is 0 Å². The number of fused-ring (bicyclic) bond motifs is 3. The van der Waals surface area contributed by atoms with Crippen molar-refractivity contribution >= 4 is 79.4 Å². The van der Waals surface area contributed by atoms with Crippen LogP contribution < -0.4 is 41.5 Å². The van der Waals surface area contributed by atoms with Crippen LogP contribution >= 0.6 is 0 Å². The van der Waals surface area contributed by atoms with E-state index in [0.717, 1.165) is 77.8 Å². The summed E-state index contributed by atoms with van der Waals surface area (Å²) in [7, 11) is -7.30. The molecule has 0 spiro atoms. The van der Waals surface area contributed by atoms with Gasteiger partial charge in [0.15, 0.2) is 22.0 Å². The largest absolute Gasteiger partial charge is 0.294 e. The normalized spacial score (nSPS) is 11.6. The van der Waals surface area contributed by atoms with Gasteiger partial charge in [-0.3, -0.25) is 4.57 Å². The van der Waals surface area contributed by atoms with Gasteiger partial charge in [-0.2, -0.15) is 0 Å². The van der Waals surface area contributed by atoms with Crippen molar-refractivity contribution in [3.05, 3.63) is 431 Å². The highest BCUT2D eigenvalue weighted by Gasteiger charge is 2.47. The standard InChI is InChI=1S/C100H71N3Si2/c1-8-26-72(27-9-1)78-44-56-86(57-45-78)104(87-58-46-79(47-59-87)73-28-10-2-11-29-73,88-60-48-80(49-61-88)74-30-12-3-13-31-74)92-68-85(96-71-99(102-100(101-96)84-38-20-7-21-39-84)103-97-42-24-22-40-94(97)95-41-23-25-43-98(95)103)69-93(70-92)105(89-62-50-81(51-63-89)75-32-14-4-15-33-75,90-64-52-82(53-65-90)76-34-16-5-17-35-76)91-66-54-83(55-67-91)77-36-18-6-19-37-77/h1-71H. The van der Waals surface area contributed by atoms with Gasteiger partial charge in [-0.1, -0.05) is 413 Å². The Labute approximate surface area is 615 Å². The second-order valence-electron chi connectivity index (χ2n) is 27.1. The molecule has 0 aliphatic carbocycles. The van der Waals surface area contributed by atoms with E-state index in [4.69, 9.17) is 9.97 Å². The number of aromatic nitrogens is 3. The number of nitrogens with zero attached hydrogens (tertiary/aromatic N) is 3. The third-order valence-corrected chi connectivity index (χ3v) is 30.7. The topological polar surface area (TPSA) is 30.7 Å². The first-order chi connectivity index (χ1) is 52.0. The number of benzene rings is 16. The van der Waals surface area contributed by atoms with E-state index in [1.54, 1.807) is 0 Å². The van der Waals surface area contributed by atoms with Gasteiger partial charge >= 0.3 is 0 Å². The number of rotatable bonds is 17. The third kappa shape index (κ3) is 12.0. The molecule has 0 N–H and O–H groups in total. The SMILES string of the molecule is c1ccc(-c2ccc([Si](c3ccc(-c4ccccc4)cc3)(c3ccc(-c4ccccc4)cc3)c3cc(-c4cc(-n5c6ccccc6c6ccccc65)nc(-c5ccccc5)n4)cc([Si](c4ccc(-c5ccccc5)cc4)(c4ccc(-c5ccccc5)cc4)c4ccc(-c5ccccc5)cc4)c3)cc2)cc1. The van der Waals surface area contributed by atoms with Crippen molar-refractivity contribution in [3.63, 3.8) is 0 Å². The van der Waals surface area contributed by atoms with Gasteiger partial charge in [0.1, 0.15) is 5.82 Å². The Morgan fingerprint density at radius 1 is 0.171 bits per heavy atom. The molecule has 0 radical (unpaired) electrons. The molecule has 0 bridgehead atoms. The van der Waals surface area contributed by atoms with Gasteiger partial charge in [0, 0.05) is 28.0 Å². The zero-order valence-electron chi connectivity index (χ0n) is 57.8. The van der Waals surface area contributed by atoms with E-state index in [2.05, 4.69) is 435 Å². The van der Waals surface area contributed by atoms with Gasteiger partial charge < -0.3 is 0 Å². The molecule has 2 heterocycles. The third-order valence-electron chi connectivity index (χ3n) is 21.2. The lowest BCUT2D eigenvalue weighted by Crippen LogP contribution is -2.78. The Morgan fingerprint density at radius 3 is 0.667 bits per heavy atom. The maximum absolute atomic E-state index is 5.90. The molecule has 16 aromatic carbocycles. The van der Waals surface area contributed by atoms with Crippen LogP contribution in [0.15, 0.2) is 431 Å². The maximum atomic E-state index is 5.90. The van der Waals surface area contributed by atoms with Crippen molar-refractivity contribution in [2.75, 3.05) is 0 Å². The minimum absolute atomic E-state index is 0.637. The van der Waals surface area contributed by atoms with Crippen molar-refractivity contribution in [1.82, 2.24) is 14.5 Å². The molecule has 0 fully saturated rings. The predicted octanol–water partition coefficient (Wildman–Crippen LogP) is 19.7. The van der Waals surface area contributed by atoms with Crippen LogP contribution in [0, 0.1) is 0 Å². The van der Waals surface area contributed by atoms with Crippen LogP contribution in [0.5, 0.6) is 0 Å². The van der Waals surface area contributed by atoms with Gasteiger partial charge in [0.05, 0.1) is 16.7 Å². The van der Waals surface area contributed by atoms with Crippen molar-refractivity contribution < 1.29 is 0 Å². The van der Waals surface area contributed by atoms with E-state index in [0.29, 0.717) is 5.82 Å². The molecule has 18 aromatic rings. The van der Waals surface area contributed by atoms with Gasteiger partial charge in [-0.25, -0.2) is 9.97 Å². The molecular weight excluding hydrogens is 1300 g/mol. The first kappa shape index (κ1) is 64.0. The van der Waals surface area contributed by atoms with Crippen LogP contribution in [0.3, 0.4) is 0 Å². The predicted molar refractivity (Wildman–Crippen MR) is 447 cm³/mol. The Morgan fingerprint density at radius 2 is 0.400 bits per heavy atom. The minimum Gasteiger partial charge on any atom is -0.294 e. The molecule has 0 saturated heterocycles. The van der Waals surface area contributed by atoms with E-state index in [-0.39, 0.29) is 0 Å². The molecule has 0 aliphatic rings. The molecule has 18 rings (SSSR count). The second-order valence-corrected chi connectivity index (χ2v) is 34.7. The molecule has 494 valence electrons. The summed E-state index contributed by atoms with van der Waals surface area (Å²) in [6, 6.07) is 161. The van der Waals surface area contributed by atoms with Crippen molar-refractivity contribution in [2.24, 2.45) is 0 Å². The van der Waals surface area contributed by atoms with Crippen molar-refractivity contribution in [1.29, 1.82) is 0 Å². The first-order valence-corrected chi connectivity index (χ1v) is 40.1. The number of para-hydroxylation sites is 2. The van der Waals surface area contributed by atoms with Crippen molar-refractivity contribution in [2.45, 2.75) is 0 Å². The molecule has 0 unspecified atom stereocenters. The summed E-state index contributed by atoms with van der Waals surface area (Å²) >= 11 is 0. The van der Waals surface area contributed by atoms with Crippen LogP contribution in [0.4, 0.5) is 0 Å². The lowest BCUT2D eigenvalue weighted by Gasteiger charge is -2.39. The first-order valence-electron chi connectivity index (χ1n) is 36.1. The molecule has 3 nitrogen and oxygen atoms in total. The highest BCUT2D eigenvalue weighted by atomic mass is 28.3. The van der Waals surface area contributed by atoms with E-state index in [9.17, 15) is 0 Å². The fraction of sp³-hybridized carbons (Fsp3) is 0. The molecular formula is C100H71N3Si2. The lowest BCUT2D eigenvalue weighted by atomic mass is 10.1. The number of hydrogen-bond acceptors (Lipinski definition) is 2. The van der Waals surface area contributed by atoms with E-state index in [1.807, 2.05) is 0 Å². The van der Waals surface area contributed by atoms with Crippen molar-refractivity contribution in [3.8, 4) is 95.2 Å². The van der Waals surface area contributed by atoms with Gasteiger partial charge in [-0.05, 0) is 120 Å². The summed E-state index contributed by atoms with van der Waals surface area (Å²) in [5.41, 5.74) is 18.8. The van der Waals surface area contributed by atoms with E-state index >= 15 is 0 Å². The second kappa shape index (κ2) is 28.0. The Balaban J connectivity index is 1.01. The van der Waals surface area contributed by atoms with Gasteiger partial charge in [-0.15, -0.1) is 0 Å². The summed E-state index contributed by atoms with van der Waals surface area (Å²) in [4.78, 5) is 11.6. The fourth-order valence-corrected chi connectivity index (χ4v) is 25.7. The average Bonchev–Trinajstić information content (AvgIpc) is 1.28. The maximum Gasteiger partial charge on any atom is 0.179 e. The molecule has 2 aromatic heterocycles. The van der Waals surface area contributed by atoms with Gasteiger partial charge in [0.2, 0.25) is 0 Å². The molecule has 5 heteroatoms. The fourth-order valence-electron chi connectivity index (χ4n) is 16.1. The lowest BCUT2D eigenvalue weighted by molar-refractivity contribution is 1.05. The number of hydrogen-bond donors (Lipinski definition) is 0. The summed E-state index contributed by atoms with van der Waals surface area (Å²) in [5.74, 6) is 1.42. The zero-order valence-corrected chi connectivity index (χ0v) is 59.8. The highest BCUT2D eigenvalue weighted by Crippen LogP contribution is 2.35. The van der Waals surface area contributed by atoms with E-state index < -0.39 is 16.1 Å². The zero-order chi connectivity index (χ0) is 69.9. The molecule has 0 saturated carbocycles. The molecule has 0 aliphatic heterocycles. The summed E-state index contributed by atoms with van der Waals surface area (Å²) in [6.07, 6.45) is 0. The smallest absolute Gasteiger partial charge is 0.179 e. The van der Waals surface area contributed by atoms with Crippen LogP contribution in [0.25, 0.3) is 117 Å². The summed E-state index contributed by atoms with van der Waals surface area (Å²) in [5, 5.41) is 12.3. The molecule has 0 amide bonds. The van der Waals surface area contributed by atoms with Crippen LogP contribution in [-0.4, -0.2) is 30.7 Å². The van der Waals surface area contributed by atoms with E-state index in [1.165, 1.54) is 74.9 Å². The van der Waals surface area contributed by atoms with Crippen LogP contribution in [-0.2, 0) is 0 Å². The quantitative estimate of drug-likeness (QED) is 0.0672. The monoisotopic (exact) mass is 1370 g/mol. The van der Waals surface area contributed by atoms with Gasteiger partial charge in [0.25, 0.3) is 0 Å². The molecule has 0 atom stereocenters. The average molecular weight is 1370 g/mol. The Hall–Kier alpha value is -13.2.